The molecule has 0 spiro atoms. The minimum atomic E-state index is 0.152. The number of rotatable bonds is 3. The van der Waals surface area contributed by atoms with Gasteiger partial charge in [-0.1, -0.05) is 0 Å². The van der Waals surface area contributed by atoms with Gasteiger partial charge in [0.1, 0.15) is 0 Å². The van der Waals surface area contributed by atoms with Gasteiger partial charge in [-0.05, 0) is 45.1 Å². The molecule has 1 aromatic heterocycles. The lowest BCUT2D eigenvalue weighted by molar-refractivity contribution is 0.601. The molecule has 72 valence electrons. The van der Waals surface area contributed by atoms with Crippen LogP contribution in [0.1, 0.15) is 36.2 Å². The van der Waals surface area contributed by atoms with Gasteiger partial charge in [0.25, 0.3) is 0 Å². The number of nitrogens with zero attached hydrogens (tertiary/aromatic N) is 1. The maximum atomic E-state index is 6.01. The van der Waals surface area contributed by atoms with Crippen LogP contribution in [0.15, 0.2) is 0 Å². The Hall–Kier alpha value is -0.830. The first-order valence-electron chi connectivity index (χ1n) is 4.90. The summed E-state index contributed by atoms with van der Waals surface area (Å²) in [4.78, 5) is 0. The Kier molecular flexibility index (Phi) is 1.91. The Bertz CT molecular complexity index is 310. The molecule has 3 nitrogen and oxygen atoms in total. The van der Waals surface area contributed by atoms with Crippen molar-refractivity contribution in [3.05, 3.63) is 17.0 Å². The molecule has 0 aliphatic heterocycles. The Morgan fingerprint density at radius 1 is 1.46 bits per heavy atom. The van der Waals surface area contributed by atoms with Crippen molar-refractivity contribution < 1.29 is 0 Å². The first kappa shape index (κ1) is 8.75. The van der Waals surface area contributed by atoms with Gasteiger partial charge in [0, 0.05) is 11.2 Å². The van der Waals surface area contributed by atoms with E-state index in [0.717, 1.165) is 12.8 Å². The second-order valence-electron chi connectivity index (χ2n) is 4.28. The first-order chi connectivity index (χ1) is 6.11. The minimum Gasteiger partial charge on any atom is -0.325 e. The van der Waals surface area contributed by atoms with Crippen molar-refractivity contribution in [2.24, 2.45) is 5.73 Å². The van der Waals surface area contributed by atoms with Crippen LogP contribution < -0.4 is 5.73 Å². The average molecular weight is 179 g/mol. The van der Waals surface area contributed by atoms with Crippen LogP contribution in [0.2, 0.25) is 0 Å². The zero-order chi connectivity index (χ0) is 9.47. The molecular formula is C10H17N3. The van der Waals surface area contributed by atoms with Gasteiger partial charge >= 0.3 is 0 Å². The minimum absolute atomic E-state index is 0.152. The Balaban J connectivity index is 1.97. The van der Waals surface area contributed by atoms with E-state index in [1.807, 2.05) is 0 Å². The summed E-state index contributed by atoms with van der Waals surface area (Å²) in [7, 11) is 0. The van der Waals surface area contributed by atoms with Crippen LogP contribution in [0.4, 0.5) is 0 Å². The Labute approximate surface area is 78.7 Å². The maximum absolute atomic E-state index is 6.01. The number of aromatic amines is 1. The van der Waals surface area contributed by atoms with E-state index in [0.29, 0.717) is 0 Å². The van der Waals surface area contributed by atoms with Crippen molar-refractivity contribution in [2.45, 2.75) is 45.1 Å². The molecule has 1 aliphatic rings. The number of nitrogens with two attached hydrogens (primary N) is 1. The molecule has 0 bridgehead atoms. The molecule has 0 amide bonds. The standard InChI is InChI=1S/C10H17N3/c1-7-8(2)12-13-9(7)3-4-10(11)5-6-10/h3-6,11H2,1-2H3,(H,12,13). The number of nitrogens with one attached hydrogen (secondary N) is 1. The summed E-state index contributed by atoms with van der Waals surface area (Å²) in [6.07, 6.45) is 4.48. The Morgan fingerprint density at radius 2 is 2.15 bits per heavy atom. The predicted molar refractivity (Wildman–Crippen MR) is 52.5 cm³/mol. The smallest absolute Gasteiger partial charge is 0.0654 e. The van der Waals surface area contributed by atoms with E-state index < -0.39 is 0 Å². The van der Waals surface area contributed by atoms with Crippen molar-refractivity contribution >= 4 is 0 Å². The molecule has 1 fully saturated rings. The number of H-pyrrole nitrogens is 1. The maximum Gasteiger partial charge on any atom is 0.0654 e. The molecule has 13 heavy (non-hydrogen) atoms. The molecule has 1 aliphatic carbocycles. The van der Waals surface area contributed by atoms with Gasteiger partial charge in [0.15, 0.2) is 0 Å². The van der Waals surface area contributed by atoms with Crippen molar-refractivity contribution in [3.63, 3.8) is 0 Å². The fraction of sp³-hybridized carbons (Fsp3) is 0.700. The monoisotopic (exact) mass is 179 g/mol. The highest BCUT2D eigenvalue weighted by molar-refractivity contribution is 5.22. The summed E-state index contributed by atoms with van der Waals surface area (Å²) < 4.78 is 0. The zero-order valence-corrected chi connectivity index (χ0v) is 8.35. The van der Waals surface area contributed by atoms with Gasteiger partial charge in [-0.15, -0.1) is 0 Å². The van der Waals surface area contributed by atoms with Crippen LogP contribution >= 0.6 is 0 Å². The van der Waals surface area contributed by atoms with E-state index in [9.17, 15) is 0 Å². The second kappa shape index (κ2) is 2.84. The molecule has 0 unspecified atom stereocenters. The SMILES string of the molecule is Cc1[nH]nc(CCC2(N)CC2)c1C. The van der Waals surface area contributed by atoms with Gasteiger partial charge in [-0.25, -0.2) is 0 Å². The lowest BCUT2D eigenvalue weighted by atomic mass is 10.1. The molecule has 3 N–H and O–H groups in total. The van der Waals surface area contributed by atoms with Crippen molar-refractivity contribution in [1.29, 1.82) is 0 Å². The molecule has 0 radical (unpaired) electrons. The number of aromatic nitrogens is 2. The lowest BCUT2D eigenvalue weighted by Crippen LogP contribution is -2.22. The van der Waals surface area contributed by atoms with Gasteiger partial charge in [-0.2, -0.15) is 5.10 Å². The van der Waals surface area contributed by atoms with Gasteiger partial charge < -0.3 is 5.73 Å². The van der Waals surface area contributed by atoms with Crippen LogP contribution in [0.5, 0.6) is 0 Å². The van der Waals surface area contributed by atoms with E-state index >= 15 is 0 Å². The highest BCUT2D eigenvalue weighted by atomic mass is 15.1. The van der Waals surface area contributed by atoms with E-state index in [1.165, 1.54) is 29.8 Å². The predicted octanol–water partition coefficient (Wildman–Crippen LogP) is 1.45. The number of aryl methyl sites for hydroxylation is 2. The molecule has 1 heterocycles. The summed E-state index contributed by atoms with van der Waals surface area (Å²) in [5.74, 6) is 0. The first-order valence-corrected chi connectivity index (χ1v) is 4.90. The number of hydrogen-bond donors (Lipinski definition) is 2. The summed E-state index contributed by atoms with van der Waals surface area (Å²) >= 11 is 0. The third-order valence-corrected chi connectivity index (χ3v) is 3.11. The van der Waals surface area contributed by atoms with Gasteiger partial charge in [0.05, 0.1) is 5.69 Å². The second-order valence-corrected chi connectivity index (χ2v) is 4.28. The van der Waals surface area contributed by atoms with E-state index in [2.05, 4.69) is 24.0 Å². The zero-order valence-electron chi connectivity index (χ0n) is 8.35. The molecule has 2 rings (SSSR count). The summed E-state index contributed by atoms with van der Waals surface area (Å²) in [6, 6.07) is 0. The summed E-state index contributed by atoms with van der Waals surface area (Å²) in [5.41, 5.74) is 9.83. The van der Waals surface area contributed by atoms with E-state index in [-0.39, 0.29) is 5.54 Å². The molecule has 3 heteroatoms. The lowest BCUT2D eigenvalue weighted by Gasteiger charge is -2.06. The molecule has 1 aromatic rings. The Morgan fingerprint density at radius 3 is 2.62 bits per heavy atom. The highest BCUT2D eigenvalue weighted by Crippen LogP contribution is 2.36. The average Bonchev–Trinajstić information content (AvgIpc) is 2.75. The van der Waals surface area contributed by atoms with Crippen LogP contribution in [0.25, 0.3) is 0 Å². The van der Waals surface area contributed by atoms with Gasteiger partial charge in [-0.3, -0.25) is 5.10 Å². The van der Waals surface area contributed by atoms with Crippen LogP contribution in [-0.2, 0) is 6.42 Å². The molecule has 0 saturated heterocycles. The number of hydrogen-bond acceptors (Lipinski definition) is 2. The molecule has 0 aromatic carbocycles. The topological polar surface area (TPSA) is 54.7 Å². The summed E-state index contributed by atoms with van der Waals surface area (Å²) in [5, 5.41) is 7.27. The van der Waals surface area contributed by atoms with Crippen LogP contribution in [0.3, 0.4) is 0 Å². The van der Waals surface area contributed by atoms with Crippen LogP contribution in [0, 0.1) is 13.8 Å². The van der Waals surface area contributed by atoms with Crippen molar-refractivity contribution in [2.75, 3.05) is 0 Å². The molecule has 0 atom stereocenters. The third kappa shape index (κ3) is 1.75. The van der Waals surface area contributed by atoms with Crippen LogP contribution in [-0.4, -0.2) is 15.7 Å². The quantitative estimate of drug-likeness (QED) is 0.738. The molecular weight excluding hydrogens is 162 g/mol. The van der Waals surface area contributed by atoms with Gasteiger partial charge in [0.2, 0.25) is 0 Å². The largest absolute Gasteiger partial charge is 0.325 e. The molecule has 1 saturated carbocycles. The third-order valence-electron chi connectivity index (χ3n) is 3.11. The summed E-state index contributed by atoms with van der Waals surface area (Å²) in [6.45, 7) is 4.17. The van der Waals surface area contributed by atoms with Crippen molar-refractivity contribution in [1.82, 2.24) is 10.2 Å². The fourth-order valence-corrected chi connectivity index (χ4v) is 1.56. The van der Waals surface area contributed by atoms with E-state index in [4.69, 9.17) is 5.73 Å². The highest BCUT2D eigenvalue weighted by Gasteiger charge is 2.37. The fourth-order valence-electron chi connectivity index (χ4n) is 1.56. The normalized spacial score (nSPS) is 19.0. The van der Waals surface area contributed by atoms with E-state index in [1.54, 1.807) is 0 Å². The van der Waals surface area contributed by atoms with Crippen molar-refractivity contribution in [3.8, 4) is 0 Å².